The van der Waals surface area contributed by atoms with E-state index in [-0.39, 0.29) is 28.6 Å². The van der Waals surface area contributed by atoms with Gasteiger partial charge in [0.25, 0.3) is 0 Å². The number of hydrogen-bond acceptors (Lipinski definition) is 5. The van der Waals surface area contributed by atoms with E-state index in [1.54, 1.807) is 0 Å². The molecule has 2 N–H and O–H groups in total. The highest BCUT2D eigenvalue weighted by atomic mass is 35.5. The van der Waals surface area contributed by atoms with E-state index in [2.05, 4.69) is 4.72 Å². The van der Waals surface area contributed by atoms with Gasteiger partial charge in [0.15, 0.2) is 0 Å². The Labute approximate surface area is 122 Å². The summed E-state index contributed by atoms with van der Waals surface area (Å²) in [7, 11) is -3.79. The molecule has 6 nitrogen and oxygen atoms in total. The van der Waals surface area contributed by atoms with Crippen LogP contribution in [0.4, 0.5) is 0 Å². The number of sulfonamides is 1. The topological polar surface area (TPSA) is 99.4 Å². The Morgan fingerprint density at radius 1 is 1.55 bits per heavy atom. The standard InChI is InChI=1S/C12H13ClN2O4S/c13-11-5-10(2-1-9(11)6-14)20(17,18)15-7-12(16)3-4-19-8-12/h1-2,5,15-16H,3-4,7-8H2. The van der Waals surface area contributed by atoms with Crippen molar-refractivity contribution in [2.24, 2.45) is 0 Å². The molecule has 8 heteroatoms. The van der Waals surface area contributed by atoms with E-state index in [1.807, 2.05) is 6.07 Å². The molecule has 0 radical (unpaired) electrons. The highest BCUT2D eigenvalue weighted by Crippen LogP contribution is 2.21. The van der Waals surface area contributed by atoms with E-state index in [9.17, 15) is 13.5 Å². The first kappa shape index (κ1) is 15.2. The Morgan fingerprint density at radius 2 is 2.30 bits per heavy atom. The van der Waals surface area contributed by atoms with Gasteiger partial charge in [-0.3, -0.25) is 0 Å². The number of hydrogen-bond donors (Lipinski definition) is 2. The first-order valence-corrected chi connectivity index (χ1v) is 7.72. The van der Waals surface area contributed by atoms with Crippen LogP contribution in [-0.4, -0.2) is 38.9 Å². The van der Waals surface area contributed by atoms with E-state index in [0.29, 0.717) is 13.0 Å². The summed E-state index contributed by atoms with van der Waals surface area (Å²) < 4.78 is 31.5. The van der Waals surface area contributed by atoms with E-state index in [4.69, 9.17) is 21.6 Å². The van der Waals surface area contributed by atoms with Crippen LogP contribution in [0.3, 0.4) is 0 Å². The molecule has 1 aliphatic rings. The quantitative estimate of drug-likeness (QED) is 0.849. The van der Waals surface area contributed by atoms with Gasteiger partial charge >= 0.3 is 0 Å². The summed E-state index contributed by atoms with van der Waals surface area (Å²) in [6.45, 7) is 0.373. The first-order valence-electron chi connectivity index (χ1n) is 5.86. The monoisotopic (exact) mass is 316 g/mol. The molecule has 0 aromatic heterocycles. The van der Waals surface area contributed by atoms with Crippen molar-refractivity contribution in [3.63, 3.8) is 0 Å². The summed E-state index contributed by atoms with van der Waals surface area (Å²) in [5.74, 6) is 0. The van der Waals surface area contributed by atoms with Gasteiger partial charge in [0.2, 0.25) is 10.0 Å². The largest absolute Gasteiger partial charge is 0.386 e. The minimum Gasteiger partial charge on any atom is -0.386 e. The van der Waals surface area contributed by atoms with Gasteiger partial charge in [-0.25, -0.2) is 13.1 Å². The molecule has 0 spiro atoms. The minimum absolute atomic E-state index is 0.0518. The van der Waals surface area contributed by atoms with Crippen molar-refractivity contribution >= 4 is 21.6 Å². The van der Waals surface area contributed by atoms with Crippen LogP contribution in [0, 0.1) is 11.3 Å². The van der Waals surface area contributed by atoms with Crippen LogP contribution in [0.1, 0.15) is 12.0 Å². The summed E-state index contributed by atoms with van der Waals surface area (Å²) in [6.07, 6.45) is 0.379. The van der Waals surface area contributed by atoms with Gasteiger partial charge in [-0.15, -0.1) is 0 Å². The fraction of sp³-hybridized carbons (Fsp3) is 0.417. The number of nitriles is 1. The summed E-state index contributed by atoms with van der Waals surface area (Å²) in [5, 5.41) is 18.8. The summed E-state index contributed by atoms with van der Waals surface area (Å²) in [5.41, 5.74) is -0.975. The number of benzene rings is 1. The average Bonchev–Trinajstić information content (AvgIpc) is 2.84. The third kappa shape index (κ3) is 3.29. The summed E-state index contributed by atoms with van der Waals surface area (Å²) in [6, 6.07) is 5.69. The summed E-state index contributed by atoms with van der Waals surface area (Å²) in [4.78, 5) is -0.0518. The number of nitrogens with zero attached hydrogens (tertiary/aromatic N) is 1. The molecular formula is C12H13ClN2O4S. The van der Waals surface area contributed by atoms with Gasteiger partial charge in [0, 0.05) is 19.6 Å². The first-order chi connectivity index (χ1) is 9.36. The van der Waals surface area contributed by atoms with Crippen molar-refractivity contribution in [2.75, 3.05) is 19.8 Å². The van der Waals surface area contributed by atoms with Crippen molar-refractivity contribution in [1.29, 1.82) is 5.26 Å². The molecule has 1 aromatic carbocycles. The van der Waals surface area contributed by atoms with Gasteiger partial charge < -0.3 is 9.84 Å². The molecule has 1 unspecified atom stereocenters. The van der Waals surface area contributed by atoms with E-state index < -0.39 is 15.6 Å². The number of rotatable bonds is 4. The highest BCUT2D eigenvalue weighted by molar-refractivity contribution is 7.89. The van der Waals surface area contributed by atoms with Crippen LogP contribution in [0.2, 0.25) is 5.02 Å². The molecule has 0 saturated carbocycles. The Balaban J connectivity index is 2.14. The predicted molar refractivity (Wildman–Crippen MR) is 71.7 cm³/mol. The lowest BCUT2D eigenvalue weighted by Gasteiger charge is -2.20. The molecular weight excluding hydrogens is 304 g/mol. The molecule has 1 atom stereocenters. The fourth-order valence-electron chi connectivity index (χ4n) is 1.80. The minimum atomic E-state index is -3.79. The van der Waals surface area contributed by atoms with Crippen LogP contribution in [0.25, 0.3) is 0 Å². The number of nitrogens with one attached hydrogen (secondary N) is 1. The molecule has 1 saturated heterocycles. The highest BCUT2D eigenvalue weighted by Gasteiger charge is 2.33. The third-order valence-corrected chi connectivity index (χ3v) is 4.76. The van der Waals surface area contributed by atoms with Crippen LogP contribution >= 0.6 is 11.6 Å². The van der Waals surface area contributed by atoms with Crippen LogP contribution < -0.4 is 4.72 Å². The zero-order valence-electron chi connectivity index (χ0n) is 10.5. The van der Waals surface area contributed by atoms with Crippen molar-refractivity contribution in [3.05, 3.63) is 28.8 Å². The number of ether oxygens (including phenoxy) is 1. The normalized spacial score (nSPS) is 22.6. The van der Waals surface area contributed by atoms with E-state index in [1.165, 1.54) is 18.2 Å². The van der Waals surface area contributed by atoms with Gasteiger partial charge in [-0.1, -0.05) is 11.6 Å². The lowest BCUT2D eigenvalue weighted by atomic mass is 10.1. The maximum Gasteiger partial charge on any atom is 0.240 e. The van der Waals surface area contributed by atoms with Crippen LogP contribution in [-0.2, 0) is 14.8 Å². The Bertz CT molecular complexity index is 648. The molecule has 108 valence electrons. The molecule has 0 aliphatic carbocycles. The van der Waals surface area contributed by atoms with Crippen molar-refractivity contribution in [1.82, 2.24) is 4.72 Å². The van der Waals surface area contributed by atoms with E-state index >= 15 is 0 Å². The lowest BCUT2D eigenvalue weighted by Crippen LogP contribution is -2.43. The van der Waals surface area contributed by atoms with Gasteiger partial charge in [0.1, 0.15) is 11.7 Å². The molecule has 2 rings (SSSR count). The van der Waals surface area contributed by atoms with Gasteiger partial charge in [-0.2, -0.15) is 5.26 Å². The van der Waals surface area contributed by atoms with Gasteiger partial charge in [-0.05, 0) is 18.2 Å². The Morgan fingerprint density at radius 3 is 2.85 bits per heavy atom. The second-order valence-corrected chi connectivity index (χ2v) is 6.78. The maximum absolute atomic E-state index is 12.1. The molecule has 1 aromatic rings. The van der Waals surface area contributed by atoms with Crippen LogP contribution in [0.15, 0.2) is 23.1 Å². The van der Waals surface area contributed by atoms with E-state index in [0.717, 1.165) is 0 Å². The van der Waals surface area contributed by atoms with Crippen LogP contribution in [0.5, 0.6) is 0 Å². The smallest absolute Gasteiger partial charge is 0.240 e. The summed E-state index contributed by atoms with van der Waals surface area (Å²) >= 11 is 5.81. The molecule has 1 fully saturated rings. The second kappa shape index (κ2) is 5.68. The number of halogens is 1. The zero-order valence-corrected chi connectivity index (χ0v) is 12.0. The predicted octanol–water partition coefficient (Wildman–Crippen LogP) is 0.641. The maximum atomic E-state index is 12.1. The third-order valence-electron chi connectivity index (χ3n) is 3.05. The van der Waals surface area contributed by atoms with Crippen molar-refractivity contribution < 1.29 is 18.3 Å². The molecule has 20 heavy (non-hydrogen) atoms. The number of aliphatic hydroxyl groups is 1. The molecule has 1 heterocycles. The van der Waals surface area contributed by atoms with Crippen molar-refractivity contribution in [2.45, 2.75) is 16.9 Å². The lowest BCUT2D eigenvalue weighted by molar-refractivity contribution is 0.0314. The average molecular weight is 317 g/mol. The second-order valence-electron chi connectivity index (χ2n) is 4.60. The zero-order chi connectivity index (χ0) is 14.8. The molecule has 0 bridgehead atoms. The Kier molecular flexibility index (Phi) is 4.32. The molecule has 1 aliphatic heterocycles. The SMILES string of the molecule is N#Cc1ccc(S(=O)(=O)NCC2(O)CCOC2)cc1Cl. The molecule has 0 amide bonds. The van der Waals surface area contributed by atoms with Gasteiger partial charge in [0.05, 0.1) is 22.1 Å². The fourth-order valence-corrected chi connectivity index (χ4v) is 3.24. The Hall–Kier alpha value is -1.17. The van der Waals surface area contributed by atoms with Crippen molar-refractivity contribution in [3.8, 4) is 6.07 Å².